The van der Waals surface area contributed by atoms with Crippen molar-refractivity contribution in [3.8, 4) is 0 Å². The number of halogens is 2. The molecule has 0 amide bonds. The summed E-state index contributed by atoms with van der Waals surface area (Å²) in [5.74, 6) is -0.432. The molecular weight excluding hydrogens is 231 g/mol. The number of methoxy groups -OCH3 is 1. The van der Waals surface area contributed by atoms with E-state index in [4.69, 9.17) is 16.3 Å². The van der Waals surface area contributed by atoms with Gasteiger partial charge in [0.1, 0.15) is 5.82 Å². The van der Waals surface area contributed by atoms with Crippen molar-refractivity contribution in [1.82, 2.24) is 0 Å². The Hall–Kier alpha value is -0.640. The van der Waals surface area contributed by atoms with Crippen LogP contribution in [0.15, 0.2) is 18.2 Å². The first kappa shape index (κ1) is 13.4. The lowest BCUT2D eigenvalue weighted by atomic mass is 9.95. The Morgan fingerprint density at radius 2 is 2.12 bits per heavy atom. The number of hydrogen-bond acceptors (Lipinski definition) is 2. The molecule has 0 fully saturated rings. The Morgan fingerprint density at radius 1 is 1.44 bits per heavy atom. The zero-order valence-electron chi connectivity index (χ0n) is 9.41. The quantitative estimate of drug-likeness (QED) is 0.865. The van der Waals surface area contributed by atoms with E-state index < -0.39 is 11.9 Å². The molecule has 0 aliphatic rings. The van der Waals surface area contributed by atoms with E-state index in [1.807, 2.05) is 6.92 Å². The summed E-state index contributed by atoms with van der Waals surface area (Å²) in [5.41, 5.74) is 0.508. The summed E-state index contributed by atoms with van der Waals surface area (Å²) >= 11 is 5.73. The Bertz CT molecular complexity index is 324. The van der Waals surface area contributed by atoms with E-state index in [0.29, 0.717) is 23.6 Å². The number of aliphatic hydroxyl groups is 1. The second-order valence-electron chi connectivity index (χ2n) is 3.91. The van der Waals surface area contributed by atoms with Crippen LogP contribution in [0.2, 0.25) is 5.02 Å². The highest BCUT2D eigenvalue weighted by atomic mass is 35.5. The van der Waals surface area contributed by atoms with Crippen LogP contribution in [0.1, 0.15) is 25.0 Å². The third kappa shape index (κ3) is 3.74. The molecule has 16 heavy (non-hydrogen) atoms. The number of aliphatic hydroxyl groups excluding tert-OH is 1. The molecule has 0 aliphatic heterocycles. The number of hydrogen-bond donors (Lipinski definition) is 1. The number of benzene rings is 1. The molecule has 4 heteroatoms. The van der Waals surface area contributed by atoms with Gasteiger partial charge in [-0.25, -0.2) is 4.39 Å². The van der Waals surface area contributed by atoms with Gasteiger partial charge in [0.15, 0.2) is 0 Å². The summed E-state index contributed by atoms with van der Waals surface area (Å²) in [6.07, 6.45) is -0.00503. The van der Waals surface area contributed by atoms with Gasteiger partial charge >= 0.3 is 0 Å². The largest absolute Gasteiger partial charge is 0.388 e. The molecular formula is C12H16ClFO2. The van der Waals surface area contributed by atoms with Crippen LogP contribution in [0.25, 0.3) is 0 Å². The van der Waals surface area contributed by atoms with Gasteiger partial charge in [-0.1, -0.05) is 18.5 Å². The molecule has 0 heterocycles. The maximum absolute atomic E-state index is 13.1. The van der Waals surface area contributed by atoms with Crippen molar-refractivity contribution in [2.24, 2.45) is 5.92 Å². The Labute approximate surface area is 100.0 Å². The van der Waals surface area contributed by atoms with Crippen LogP contribution in [0.3, 0.4) is 0 Å². The molecule has 2 unspecified atom stereocenters. The highest BCUT2D eigenvalue weighted by Gasteiger charge is 2.17. The zero-order chi connectivity index (χ0) is 12.1. The summed E-state index contributed by atoms with van der Waals surface area (Å²) in [5, 5.41) is 10.3. The molecule has 1 N–H and O–H groups in total. The smallest absolute Gasteiger partial charge is 0.125 e. The fourth-order valence-electron chi connectivity index (χ4n) is 1.54. The van der Waals surface area contributed by atoms with Crippen molar-refractivity contribution in [2.75, 3.05) is 13.7 Å². The standard InChI is InChI=1S/C12H16ClFO2/c1-8(3-4-16-2)12(15)9-5-10(13)7-11(14)6-9/h5-8,12,15H,3-4H2,1-2H3. The Kier molecular flexibility index (Phi) is 5.19. The number of ether oxygens (including phenoxy) is 1. The summed E-state index contributed by atoms with van der Waals surface area (Å²) < 4.78 is 18.0. The van der Waals surface area contributed by atoms with Gasteiger partial charge in [0.25, 0.3) is 0 Å². The highest BCUT2D eigenvalue weighted by molar-refractivity contribution is 6.30. The summed E-state index contributed by atoms with van der Waals surface area (Å²) in [6, 6.07) is 4.11. The predicted octanol–water partition coefficient (Wildman–Crippen LogP) is 3.19. The lowest BCUT2D eigenvalue weighted by Gasteiger charge is -2.19. The van der Waals surface area contributed by atoms with Gasteiger partial charge in [-0.15, -0.1) is 0 Å². The first-order valence-electron chi connectivity index (χ1n) is 5.17. The summed E-state index contributed by atoms with van der Waals surface area (Å²) in [6.45, 7) is 2.46. The molecule has 2 atom stereocenters. The predicted molar refractivity (Wildman–Crippen MR) is 62.0 cm³/mol. The van der Waals surface area contributed by atoms with Crippen molar-refractivity contribution >= 4 is 11.6 Å². The van der Waals surface area contributed by atoms with E-state index in [9.17, 15) is 9.50 Å². The van der Waals surface area contributed by atoms with Crippen LogP contribution in [0, 0.1) is 11.7 Å². The SMILES string of the molecule is COCCC(C)C(O)c1cc(F)cc(Cl)c1. The first-order chi connectivity index (χ1) is 7.54. The summed E-state index contributed by atoms with van der Waals surface area (Å²) in [4.78, 5) is 0. The van der Waals surface area contributed by atoms with Crippen molar-refractivity contribution in [3.05, 3.63) is 34.6 Å². The van der Waals surface area contributed by atoms with Gasteiger partial charge in [0, 0.05) is 18.7 Å². The molecule has 0 saturated heterocycles. The molecule has 1 aromatic carbocycles. The van der Waals surface area contributed by atoms with Gasteiger partial charge in [-0.3, -0.25) is 0 Å². The van der Waals surface area contributed by atoms with E-state index in [1.165, 1.54) is 12.1 Å². The fourth-order valence-corrected chi connectivity index (χ4v) is 1.77. The molecule has 1 rings (SSSR count). The molecule has 0 aliphatic carbocycles. The van der Waals surface area contributed by atoms with Gasteiger partial charge < -0.3 is 9.84 Å². The molecule has 0 radical (unpaired) electrons. The average molecular weight is 247 g/mol. The van der Waals surface area contributed by atoms with Crippen LogP contribution < -0.4 is 0 Å². The minimum absolute atomic E-state index is 0.00202. The third-order valence-corrected chi connectivity index (χ3v) is 2.76. The second kappa shape index (κ2) is 6.18. The minimum Gasteiger partial charge on any atom is -0.388 e. The van der Waals surface area contributed by atoms with E-state index >= 15 is 0 Å². The molecule has 90 valence electrons. The van der Waals surface area contributed by atoms with Crippen molar-refractivity contribution in [2.45, 2.75) is 19.4 Å². The van der Waals surface area contributed by atoms with Gasteiger partial charge in [-0.2, -0.15) is 0 Å². The lowest BCUT2D eigenvalue weighted by molar-refractivity contribution is 0.0884. The topological polar surface area (TPSA) is 29.5 Å². The Balaban J connectivity index is 2.74. The van der Waals surface area contributed by atoms with Crippen molar-refractivity contribution in [1.29, 1.82) is 0 Å². The second-order valence-corrected chi connectivity index (χ2v) is 4.34. The first-order valence-corrected chi connectivity index (χ1v) is 5.55. The molecule has 1 aromatic rings. The van der Waals surface area contributed by atoms with E-state index in [2.05, 4.69) is 0 Å². The molecule has 0 spiro atoms. The van der Waals surface area contributed by atoms with E-state index in [1.54, 1.807) is 13.2 Å². The van der Waals surface area contributed by atoms with E-state index in [-0.39, 0.29) is 5.92 Å². The molecule has 2 nitrogen and oxygen atoms in total. The average Bonchev–Trinajstić information content (AvgIpc) is 2.23. The zero-order valence-corrected chi connectivity index (χ0v) is 10.2. The van der Waals surface area contributed by atoms with Crippen LogP contribution in [-0.2, 0) is 4.74 Å². The van der Waals surface area contributed by atoms with Crippen LogP contribution in [-0.4, -0.2) is 18.8 Å². The van der Waals surface area contributed by atoms with Crippen molar-refractivity contribution < 1.29 is 14.2 Å². The Morgan fingerprint density at radius 3 is 2.69 bits per heavy atom. The monoisotopic (exact) mass is 246 g/mol. The van der Waals surface area contributed by atoms with Crippen molar-refractivity contribution in [3.63, 3.8) is 0 Å². The van der Waals surface area contributed by atoms with Gasteiger partial charge in [0.05, 0.1) is 6.10 Å². The molecule has 0 aromatic heterocycles. The normalized spacial score (nSPS) is 14.8. The van der Waals surface area contributed by atoms with Crippen LogP contribution in [0.4, 0.5) is 4.39 Å². The summed E-state index contributed by atoms with van der Waals surface area (Å²) in [7, 11) is 1.61. The maximum Gasteiger partial charge on any atom is 0.125 e. The van der Waals surface area contributed by atoms with Crippen LogP contribution >= 0.6 is 11.6 Å². The fraction of sp³-hybridized carbons (Fsp3) is 0.500. The van der Waals surface area contributed by atoms with Gasteiger partial charge in [0.2, 0.25) is 0 Å². The highest BCUT2D eigenvalue weighted by Crippen LogP contribution is 2.27. The molecule has 0 bridgehead atoms. The third-order valence-electron chi connectivity index (χ3n) is 2.54. The molecule has 0 saturated carbocycles. The van der Waals surface area contributed by atoms with Gasteiger partial charge in [-0.05, 0) is 36.1 Å². The lowest BCUT2D eigenvalue weighted by Crippen LogP contribution is -2.11. The maximum atomic E-state index is 13.1. The number of rotatable bonds is 5. The van der Waals surface area contributed by atoms with E-state index in [0.717, 1.165) is 0 Å². The minimum atomic E-state index is -0.719. The van der Waals surface area contributed by atoms with Crippen LogP contribution in [0.5, 0.6) is 0 Å².